The van der Waals surface area contributed by atoms with E-state index in [4.69, 9.17) is 15.2 Å². The fourth-order valence-corrected chi connectivity index (χ4v) is 3.73. The molecule has 2 amide bonds. The molecule has 10 heteroatoms. The number of nitrogens with two attached hydrogens (primary N) is 1. The third-order valence-electron chi connectivity index (χ3n) is 4.56. The molecule has 3 rings (SSSR count). The predicted octanol–water partition coefficient (Wildman–Crippen LogP) is 1.41. The summed E-state index contributed by atoms with van der Waals surface area (Å²) in [6.07, 6.45) is -0.00499. The Kier molecular flexibility index (Phi) is 6.02. The fraction of sp³-hybridized carbons (Fsp3) is 0.316. The predicted molar refractivity (Wildman–Crippen MR) is 106 cm³/mol. The summed E-state index contributed by atoms with van der Waals surface area (Å²) in [5.41, 5.74) is 6.71. The van der Waals surface area contributed by atoms with Gasteiger partial charge in [-0.1, -0.05) is 6.07 Å². The van der Waals surface area contributed by atoms with Gasteiger partial charge in [0.25, 0.3) is 17.7 Å². The van der Waals surface area contributed by atoms with E-state index in [1.165, 1.54) is 19.2 Å². The number of methoxy groups -OCH3 is 1. The molecule has 0 saturated carbocycles. The number of rotatable bonds is 8. The minimum Gasteiger partial charge on any atom is -0.491 e. The number of carbonyl (C=O) groups is 2. The van der Waals surface area contributed by atoms with Crippen molar-refractivity contribution in [3.63, 3.8) is 0 Å². The van der Waals surface area contributed by atoms with Crippen LogP contribution in [0.15, 0.2) is 30.3 Å². The van der Waals surface area contributed by atoms with E-state index in [9.17, 15) is 18.0 Å². The second-order valence-corrected chi connectivity index (χ2v) is 7.40. The van der Waals surface area contributed by atoms with Crippen molar-refractivity contribution in [2.75, 3.05) is 25.2 Å². The second kappa shape index (κ2) is 8.48. The number of carbonyl (C=O) groups excluding carboxylic acids is 2. The number of ether oxygens (including phenoxy) is 2. The highest BCUT2D eigenvalue weighted by Gasteiger charge is 2.42. The fourth-order valence-electron chi connectivity index (χ4n) is 3.27. The van der Waals surface area contributed by atoms with Crippen LogP contribution in [0.4, 0.5) is 5.69 Å². The highest BCUT2D eigenvalue weighted by Crippen LogP contribution is 2.37. The van der Waals surface area contributed by atoms with Gasteiger partial charge in [-0.05, 0) is 37.6 Å². The number of imide groups is 1. The van der Waals surface area contributed by atoms with Gasteiger partial charge in [0.1, 0.15) is 10.7 Å². The molecule has 0 spiro atoms. The summed E-state index contributed by atoms with van der Waals surface area (Å²) in [5, 5.41) is 0. The van der Waals surface area contributed by atoms with Crippen molar-refractivity contribution in [3.05, 3.63) is 47.2 Å². The average molecular weight is 419 g/mol. The van der Waals surface area contributed by atoms with Gasteiger partial charge < -0.3 is 15.2 Å². The highest BCUT2D eigenvalue weighted by molar-refractivity contribution is 7.72. The van der Waals surface area contributed by atoms with Crippen LogP contribution in [0, 0.1) is 0 Å². The highest BCUT2D eigenvalue weighted by atomic mass is 32.2. The van der Waals surface area contributed by atoms with E-state index in [1.807, 2.05) is 0 Å². The molecule has 2 aromatic rings. The molecule has 9 nitrogen and oxygen atoms in total. The number of fused-ring (bicyclic) bond motifs is 1. The standard InChI is InChI=1S/C19H21N3O6S/c1-3-28-17-15(27-2)8-7-13(21-17)14(9-10-29(25)26)22-18(23)11-5-4-6-12(20)16(11)19(22)24/h4-8,14,29H,3,9-10,20H2,1-2H3/t14-/m0/s1. The molecule has 1 aromatic heterocycles. The molecule has 0 saturated heterocycles. The van der Waals surface area contributed by atoms with E-state index in [0.29, 0.717) is 18.1 Å². The van der Waals surface area contributed by atoms with Gasteiger partial charge in [0.2, 0.25) is 0 Å². The Morgan fingerprint density at radius 1 is 1.17 bits per heavy atom. The number of aromatic nitrogens is 1. The van der Waals surface area contributed by atoms with E-state index in [0.717, 1.165) is 4.90 Å². The minimum absolute atomic E-state index is 0.00499. The summed E-state index contributed by atoms with van der Waals surface area (Å²) < 4.78 is 33.1. The van der Waals surface area contributed by atoms with Crippen molar-refractivity contribution in [2.24, 2.45) is 0 Å². The third kappa shape index (κ3) is 3.88. The minimum atomic E-state index is -2.71. The number of benzene rings is 1. The molecule has 1 aliphatic heterocycles. The van der Waals surface area contributed by atoms with Crippen LogP contribution in [0.25, 0.3) is 0 Å². The van der Waals surface area contributed by atoms with E-state index in [-0.39, 0.29) is 34.9 Å². The van der Waals surface area contributed by atoms with Gasteiger partial charge in [-0.3, -0.25) is 14.5 Å². The number of nitrogens with zero attached hydrogens (tertiary/aromatic N) is 2. The van der Waals surface area contributed by atoms with Gasteiger partial charge in [-0.2, -0.15) is 0 Å². The molecular weight excluding hydrogens is 398 g/mol. The van der Waals surface area contributed by atoms with Crippen LogP contribution in [-0.2, 0) is 10.7 Å². The molecule has 0 bridgehead atoms. The number of hydrogen-bond donors (Lipinski definition) is 2. The summed E-state index contributed by atoms with van der Waals surface area (Å²) in [6.45, 7) is 2.10. The zero-order chi connectivity index (χ0) is 21.1. The van der Waals surface area contributed by atoms with Crippen LogP contribution in [0.2, 0.25) is 0 Å². The van der Waals surface area contributed by atoms with Gasteiger partial charge in [0.15, 0.2) is 5.75 Å². The van der Waals surface area contributed by atoms with E-state index in [2.05, 4.69) is 4.98 Å². The van der Waals surface area contributed by atoms with E-state index >= 15 is 0 Å². The summed E-state index contributed by atoms with van der Waals surface area (Å²) >= 11 is 0. The van der Waals surface area contributed by atoms with Crippen molar-refractivity contribution < 1.29 is 27.5 Å². The maximum Gasteiger partial charge on any atom is 0.264 e. The van der Waals surface area contributed by atoms with Crippen molar-refractivity contribution in [2.45, 2.75) is 19.4 Å². The molecule has 0 fully saturated rings. The van der Waals surface area contributed by atoms with Gasteiger partial charge in [0, 0.05) is 11.4 Å². The molecule has 2 heterocycles. The number of pyridine rings is 1. The average Bonchev–Trinajstić information content (AvgIpc) is 2.94. The van der Waals surface area contributed by atoms with Crippen LogP contribution in [0.3, 0.4) is 0 Å². The largest absolute Gasteiger partial charge is 0.491 e. The number of thiol groups is 1. The SMILES string of the molecule is CCOc1nc([C@H](CC[SH](=O)=O)N2C(=O)c3cccc(N)c3C2=O)ccc1OC. The summed E-state index contributed by atoms with van der Waals surface area (Å²) in [5.74, 6) is -0.764. The number of amides is 2. The first-order valence-electron chi connectivity index (χ1n) is 8.94. The first-order chi connectivity index (χ1) is 13.9. The molecule has 0 radical (unpaired) electrons. The zero-order valence-electron chi connectivity index (χ0n) is 16.0. The Bertz CT molecular complexity index is 1030. The Morgan fingerprint density at radius 2 is 1.93 bits per heavy atom. The summed E-state index contributed by atoms with van der Waals surface area (Å²) in [6, 6.07) is 6.92. The van der Waals surface area contributed by atoms with Crippen LogP contribution in [0.1, 0.15) is 45.8 Å². The Balaban J connectivity index is 2.07. The van der Waals surface area contributed by atoms with Crippen LogP contribution >= 0.6 is 0 Å². The Hall–Kier alpha value is -3.14. The Labute approximate surface area is 169 Å². The third-order valence-corrected chi connectivity index (χ3v) is 5.19. The second-order valence-electron chi connectivity index (χ2n) is 6.29. The monoisotopic (exact) mass is 419 g/mol. The lowest BCUT2D eigenvalue weighted by molar-refractivity contribution is 0.0574. The lowest BCUT2D eigenvalue weighted by atomic mass is 10.1. The molecular formula is C19H21N3O6S. The molecule has 29 heavy (non-hydrogen) atoms. The van der Waals surface area contributed by atoms with Gasteiger partial charge in [0.05, 0.1) is 36.6 Å². The van der Waals surface area contributed by atoms with Crippen molar-refractivity contribution >= 4 is 28.2 Å². The molecule has 2 N–H and O–H groups in total. The molecule has 1 atom stereocenters. The normalized spacial score (nSPS) is 14.2. The lowest BCUT2D eigenvalue weighted by Gasteiger charge is -2.26. The van der Waals surface area contributed by atoms with Crippen molar-refractivity contribution in [1.29, 1.82) is 0 Å². The van der Waals surface area contributed by atoms with Crippen LogP contribution < -0.4 is 15.2 Å². The maximum atomic E-state index is 13.0. The number of nitrogen functional groups attached to an aromatic ring is 1. The van der Waals surface area contributed by atoms with Crippen LogP contribution in [0.5, 0.6) is 11.6 Å². The Morgan fingerprint density at radius 3 is 2.55 bits per heavy atom. The summed E-state index contributed by atoms with van der Waals surface area (Å²) in [4.78, 5) is 31.4. The first-order valence-corrected chi connectivity index (χ1v) is 10.3. The molecule has 154 valence electrons. The molecule has 0 unspecified atom stereocenters. The van der Waals surface area contributed by atoms with E-state index < -0.39 is 28.6 Å². The molecule has 1 aliphatic rings. The maximum absolute atomic E-state index is 13.0. The smallest absolute Gasteiger partial charge is 0.264 e. The number of hydrogen-bond acceptors (Lipinski definition) is 8. The van der Waals surface area contributed by atoms with Gasteiger partial charge in [-0.15, -0.1) is 0 Å². The quantitative estimate of drug-likeness (QED) is 0.373. The van der Waals surface area contributed by atoms with Gasteiger partial charge in [-0.25, -0.2) is 13.4 Å². The number of anilines is 1. The molecule has 1 aromatic carbocycles. The zero-order valence-corrected chi connectivity index (χ0v) is 16.8. The van der Waals surface area contributed by atoms with Crippen molar-refractivity contribution in [1.82, 2.24) is 9.88 Å². The topological polar surface area (TPSA) is 129 Å². The van der Waals surface area contributed by atoms with Crippen LogP contribution in [-0.4, -0.2) is 49.6 Å². The van der Waals surface area contributed by atoms with Crippen molar-refractivity contribution in [3.8, 4) is 11.6 Å². The van der Waals surface area contributed by atoms with E-state index in [1.54, 1.807) is 25.1 Å². The summed E-state index contributed by atoms with van der Waals surface area (Å²) in [7, 11) is -1.25. The first kappa shape index (κ1) is 20.6. The lowest BCUT2D eigenvalue weighted by Crippen LogP contribution is -2.35. The molecule has 0 aliphatic carbocycles. The van der Waals surface area contributed by atoms with Gasteiger partial charge >= 0.3 is 0 Å².